The van der Waals surface area contributed by atoms with Crippen LogP contribution in [0, 0.1) is 5.82 Å². The van der Waals surface area contributed by atoms with Crippen molar-refractivity contribution < 1.29 is 19.1 Å². The summed E-state index contributed by atoms with van der Waals surface area (Å²) in [6.07, 6.45) is 3.52. The van der Waals surface area contributed by atoms with Crippen LogP contribution in [0.1, 0.15) is 20.2 Å². The highest BCUT2D eigenvalue weighted by atomic mass is 32.1. The first-order chi connectivity index (χ1) is 10.0. The molecule has 0 aromatic carbocycles. The predicted octanol–water partition coefficient (Wildman–Crippen LogP) is 2.31. The fraction of sp³-hybridized carbons (Fsp3) is 0.0714. The second-order valence-corrected chi connectivity index (χ2v) is 5.22. The van der Waals surface area contributed by atoms with Crippen LogP contribution in [0.4, 0.5) is 4.39 Å². The van der Waals surface area contributed by atoms with Gasteiger partial charge in [-0.2, -0.15) is 0 Å². The van der Waals surface area contributed by atoms with Crippen LogP contribution < -0.4 is 5.32 Å². The molecule has 0 aliphatic carbocycles. The number of pyridine rings is 1. The van der Waals surface area contributed by atoms with Gasteiger partial charge in [0.25, 0.3) is 5.91 Å². The van der Waals surface area contributed by atoms with Crippen LogP contribution in [0.3, 0.4) is 0 Å². The zero-order valence-corrected chi connectivity index (χ0v) is 11.6. The minimum absolute atomic E-state index is 0.138. The van der Waals surface area contributed by atoms with Crippen LogP contribution in [0.2, 0.25) is 0 Å². The molecule has 0 fully saturated rings. The van der Waals surface area contributed by atoms with Crippen molar-refractivity contribution >= 4 is 29.3 Å². The van der Waals surface area contributed by atoms with Crippen LogP contribution in [0.5, 0.6) is 0 Å². The number of carbonyl (C=O) groups is 2. The number of carbonyl (C=O) groups excluding carboxylic acids is 1. The Morgan fingerprint density at radius 3 is 2.81 bits per heavy atom. The first-order valence-electron chi connectivity index (χ1n) is 5.94. The lowest BCUT2D eigenvalue weighted by Crippen LogP contribution is -2.23. The Balaban J connectivity index is 1.92. The van der Waals surface area contributed by atoms with E-state index in [4.69, 9.17) is 5.11 Å². The number of nitrogens with one attached hydrogen (secondary N) is 1. The molecule has 0 spiro atoms. The highest BCUT2D eigenvalue weighted by Gasteiger charge is 2.07. The number of halogens is 1. The summed E-state index contributed by atoms with van der Waals surface area (Å²) in [6, 6.07) is 6.04. The van der Waals surface area contributed by atoms with Crippen molar-refractivity contribution in [1.82, 2.24) is 10.3 Å². The van der Waals surface area contributed by atoms with Gasteiger partial charge in [0.05, 0.1) is 12.7 Å². The summed E-state index contributed by atoms with van der Waals surface area (Å²) in [5.41, 5.74) is 0.138. The average molecular weight is 306 g/mol. The van der Waals surface area contributed by atoms with E-state index in [-0.39, 0.29) is 5.69 Å². The van der Waals surface area contributed by atoms with Crippen LogP contribution in [0.15, 0.2) is 36.5 Å². The van der Waals surface area contributed by atoms with E-state index < -0.39 is 17.7 Å². The fourth-order valence-electron chi connectivity index (χ4n) is 1.50. The molecule has 0 radical (unpaired) electrons. The molecule has 2 heterocycles. The molecule has 1 amide bonds. The molecule has 7 heteroatoms. The lowest BCUT2D eigenvalue weighted by molar-refractivity contribution is -0.131. The van der Waals surface area contributed by atoms with Crippen molar-refractivity contribution in [3.63, 3.8) is 0 Å². The summed E-state index contributed by atoms with van der Waals surface area (Å²) in [7, 11) is 0. The topological polar surface area (TPSA) is 79.3 Å². The normalized spacial score (nSPS) is 10.7. The molecule has 0 saturated carbocycles. The predicted molar refractivity (Wildman–Crippen MR) is 76.4 cm³/mol. The Labute approximate surface area is 123 Å². The third-order valence-electron chi connectivity index (χ3n) is 2.46. The van der Waals surface area contributed by atoms with Gasteiger partial charge in [-0.05, 0) is 30.3 Å². The molecule has 2 N–H and O–H groups in total. The van der Waals surface area contributed by atoms with Gasteiger partial charge in [-0.3, -0.25) is 4.79 Å². The zero-order chi connectivity index (χ0) is 15.2. The number of rotatable bonds is 5. The van der Waals surface area contributed by atoms with Gasteiger partial charge in [0.2, 0.25) is 0 Å². The van der Waals surface area contributed by atoms with Crippen molar-refractivity contribution in [3.05, 3.63) is 57.8 Å². The maximum absolute atomic E-state index is 12.7. The summed E-state index contributed by atoms with van der Waals surface area (Å²) in [6.45, 7) is 0.295. The average Bonchev–Trinajstić information content (AvgIpc) is 2.91. The highest BCUT2D eigenvalue weighted by Crippen LogP contribution is 2.17. The van der Waals surface area contributed by atoms with Crippen molar-refractivity contribution in [2.75, 3.05) is 0 Å². The molecule has 2 aromatic rings. The van der Waals surface area contributed by atoms with Crippen molar-refractivity contribution in [2.24, 2.45) is 0 Å². The van der Waals surface area contributed by atoms with Crippen molar-refractivity contribution in [1.29, 1.82) is 0 Å². The number of carboxylic acid groups (broad SMARTS) is 1. The largest absolute Gasteiger partial charge is 0.478 e. The van der Waals surface area contributed by atoms with Gasteiger partial charge >= 0.3 is 5.97 Å². The van der Waals surface area contributed by atoms with E-state index in [9.17, 15) is 14.0 Å². The van der Waals surface area contributed by atoms with Gasteiger partial charge in [-0.1, -0.05) is 0 Å². The van der Waals surface area contributed by atoms with E-state index in [1.165, 1.54) is 29.5 Å². The van der Waals surface area contributed by atoms with Gasteiger partial charge in [0, 0.05) is 15.8 Å². The summed E-state index contributed by atoms with van der Waals surface area (Å²) in [5.74, 6) is -1.91. The summed E-state index contributed by atoms with van der Waals surface area (Å²) < 4.78 is 12.7. The fourth-order valence-corrected chi connectivity index (χ4v) is 2.36. The number of aromatic nitrogens is 1. The lowest BCUT2D eigenvalue weighted by atomic mass is 10.3. The maximum Gasteiger partial charge on any atom is 0.328 e. The van der Waals surface area contributed by atoms with E-state index in [0.717, 1.165) is 22.0 Å². The third-order valence-corrected chi connectivity index (χ3v) is 3.51. The van der Waals surface area contributed by atoms with Crippen LogP contribution in [0.25, 0.3) is 6.08 Å². The highest BCUT2D eigenvalue weighted by molar-refractivity contribution is 7.12. The molecule has 2 aromatic heterocycles. The molecule has 21 heavy (non-hydrogen) atoms. The number of aliphatic carboxylic acids is 1. The number of nitrogens with zero attached hydrogens (tertiary/aromatic N) is 1. The molecule has 0 aliphatic rings. The molecular weight excluding hydrogens is 295 g/mol. The Hall–Kier alpha value is -2.54. The molecule has 5 nitrogen and oxygen atoms in total. The molecule has 108 valence electrons. The summed E-state index contributed by atoms with van der Waals surface area (Å²) in [4.78, 5) is 27.5. The van der Waals surface area contributed by atoms with E-state index in [2.05, 4.69) is 10.3 Å². The molecule has 0 bridgehead atoms. The van der Waals surface area contributed by atoms with Crippen LogP contribution in [-0.2, 0) is 11.3 Å². The SMILES string of the molecule is O=C(O)/C=C/c1ccc(CNC(=O)c2ccc(F)cn2)s1. The monoisotopic (exact) mass is 306 g/mol. The third kappa shape index (κ3) is 4.50. The van der Waals surface area contributed by atoms with E-state index in [0.29, 0.717) is 6.54 Å². The van der Waals surface area contributed by atoms with Gasteiger partial charge in [-0.25, -0.2) is 14.2 Å². The van der Waals surface area contributed by atoms with E-state index in [1.54, 1.807) is 12.1 Å². The van der Waals surface area contributed by atoms with Gasteiger partial charge in [0.15, 0.2) is 0 Å². The lowest BCUT2D eigenvalue weighted by Gasteiger charge is -2.02. The Bertz CT molecular complexity index is 680. The Kier molecular flexibility index (Phi) is 4.78. The number of amides is 1. The Morgan fingerprint density at radius 1 is 1.33 bits per heavy atom. The van der Waals surface area contributed by atoms with Gasteiger partial charge in [0.1, 0.15) is 11.5 Å². The molecule has 0 unspecified atom stereocenters. The van der Waals surface area contributed by atoms with E-state index >= 15 is 0 Å². The first kappa shape index (κ1) is 14.9. The molecule has 0 aliphatic heterocycles. The maximum atomic E-state index is 12.7. The molecule has 0 saturated heterocycles. The van der Waals surface area contributed by atoms with Crippen molar-refractivity contribution in [3.8, 4) is 0 Å². The van der Waals surface area contributed by atoms with Crippen molar-refractivity contribution in [2.45, 2.75) is 6.54 Å². The minimum Gasteiger partial charge on any atom is -0.478 e. The number of hydrogen-bond acceptors (Lipinski definition) is 4. The zero-order valence-electron chi connectivity index (χ0n) is 10.7. The Morgan fingerprint density at radius 2 is 2.14 bits per heavy atom. The number of hydrogen-bond donors (Lipinski definition) is 2. The minimum atomic E-state index is -1.01. The quantitative estimate of drug-likeness (QED) is 0.831. The second kappa shape index (κ2) is 6.76. The smallest absolute Gasteiger partial charge is 0.328 e. The van der Waals surface area contributed by atoms with Gasteiger partial charge < -0.3 is 10.4 Å². The van der Waals surface area contributed by atoms with Crippen LogP contribution >= 0.6 is 11.3 Å². The molecule has 0 atom stereocenters. The number of thiophene rings is 1. The second-order valence-electron chi connectivity index (χ2n) is 4.02. The van der Waals surface area contributed by atoms with Gasteiger partial charge in [-0.15, -0.1) is 11.3 Å². The number of carboxylic acids is 1. The summed E-state index contributed by atoms with van der Waals surface area (Å²) in [5, 5.41) is 11.2. The molecular formula is C14H11FN2O3S. The first-order valence-corrected chi connectivity index (χ1v) is 6.76. The standard InChI is InChI=1S/C14H11FN2O3S/c15-9-1-5-12(16-7-9)14(20)17-8-11-3-2-10(21-11)4-6-13(18)19/h1-7H,8H2,(H,17,20)(H,18,19)/b6-4+. The summed E-state index contributed by atoms with van der Waals surface area (Å²) >= 11 is 1.37. The molecule has 2 rings (SSSR count). The van der Waals surface area contributed by atoms with Crippen LogP contribution in [-0.4, -0.2) is 22.0 Å². The van der Waals surface area contributed by atoms with E-state index in [1.807, 2.05) is 0 Å².